The van der Waals surface area contributed by atoms with Crippen molar-refractivity contribution in [3.63, 3.8) is 0 Å². The average Bonchev–Trinajstić information content (AvgIpc) is 2.80. The first-order chi connectivity index (χ1) is 15.4. The van der Waals surface area contributed by atoms with Crippen LogP contribution < -0.4 is 21.2 Å². The molecular formula is C30H46I+. The Kier molecular flexibility index (Phi) is 16.0. The monoisotopic (exact) mass is 533 g/mol. The van der Waals surface area contributed by atoms with Crippen LogP contribution in [0.15, 0.2) is 54.6 Å². The van der Waals surface area contributed by atoms with Crippen LogP contribution in [0.4, 0.5) is 0 Å². The van der Waals surface area contributed by atoms with Crippen LogP contribution in [0.1, 0.15) is 115 Å². The van der Waals surface area contributed by atoms with Gasteiger partial charge in [-0.2, -0.15) is 0 Å². The molecule has 0 nitrogen and oxygen atoms in total. The van der Waals surface area contributed by atoms with Gasteiger partial charge in [0.25, 0.3) is 0 Å². The van der Waals surface area contributed by atoms with Crippen LogP contribution in [-0.4, -0.2) is 0 Å². The Morgan fingerprint density at radius 1 is 0.452 bits per heavy atom. The van der Waals surface area contributed by atoms with Gasteiger partial charge in [0.05, 0.1) is 0 Å². The number of unbranched alkanes of at least 4 members (excludes halogenated alkanes) is 15. The average molecular weight is 534 g/mol. The van der Waals surface area contributed by atoms with Gasteiger partial charge < -0.3 is 0 Å². The molecule has 0 aliphatic rings. The minimum absolute atomic E-state index is 0.0200. The van der Waals surface area contributed by atoms with E-state index in [0.717, 1.165) is 0 Å². The van der Waals surface area contributed by atoms with Crippen molar-refractivity contribution in [1.29, 1.82) is 0 Å². The quantitative estimate of drug-likeness (QED) is 0.141. The smallest absolute Gasteiger partial charge is 0.0654 e. The molecule has 0 aliphatic heterocycles. The first-order valence-corrected chi connectivity index (χ1v) is 15.3. The van der Waals surface area contributed by atoms with Crippen LogP contribution >= 0.6 is 0 Å². The molecule has 0 aromatic heterocycles. The highest BCUT2D eigenvalue weighted by molar-refractivity contribution is 5.14. The van der Waals surface area contributed by atoms with Crippen LogP contribution in [0, 0.1) is 7.14 Å². The summed E-state index contributed by atoms with van der Waals surface area (Å²) in [5.41, 5.74) is 1.52. The third-order valence-electron chi connectivity index (χ3n) is 6.18. The molecule has 0 N–H and O–H groups in total. The van der Waals surface area contributed by atoms with Gasteiger partial charge in [0.1, 0.15) is 0 Å². The zero-order valence-corrected chi connectivity index (χ0v) is 22.3. The number of benzene rings is 2. The van der Waals surface area contributed by atoms with E-state index in [-0.39, 0.29) is 21.2 Å². The molecule has 0 unspecified atom stereocenters. The maximum absolute atomic E-state index is 2.36. The Balaban J connectivity index is 1.36. The van der Waals surface area contributed by atoms with Crippen molar-refractivity contribution < 1.29 is 21.2 Å². The van der Waals surface area contributed by atoms with Crippen LogP contribution in [-0.2, 0) is 6.42 Å². The Bertz CT molecular complexity index is 631. The number of hydrogen-bond acceptors (Lipinski definition) is 0. The topological polar surface area (TPSA) is 0 Å². The first kappa shape index (κ1) is 26.4. The second-order valence-electron chi connectivity index (χ2n) is 9.07. The molecule has 0 saturated carbocycles. The maximum Gasteiger partial charge on any atom is 0.357 e. The van der Waals surface area contributed by atoms with E-state index in [1.54, 1.807) is 0 Å². The van der Waals surface area contributed by atoms with Crippen LogP contribution in [0.2, 0.25) is 0 Å². The summed E-state index contributed by atoms with van der Waals surface area (Å²) in [4.78, 5) is 0. The number of rotatable bonds is 19. The van der Waals surface area contributed by atoms with Gasteiger partial charge in [-0.25, -0.2) is 0 Å². The zero-order valence-electron chi connectivity index (χ0n) is 20.1. The molecular weight excluding hydrogens is 487 g/mol. The van der Waals surface area contributed by atoms with Gasteiger partial charge in [-0.3, -0.25) is 0 Å². The maximum atomic E-state index is 2.36. The normalized spacial score (nSPS) is 11.1. The third kappa shape index (κ3) is 14.0. The summed E-state index contributed by atoms with van der Waals surface area (Å²) in [5, 5.41) is 0. The number of aryl methyl sites for hydroxylation is 1. The van der Waals surface area contributed by atoms with E-state index in [1.165, 1.54) is 122 Å². The highest BCUT2D eigenvalue weighted by Gasteiger charge is 2.14. The van der Waals surface area contributed by atoms with Gasteiger partial charge in [0.15, 0.2) is 7.14 Å². The fourth-order valence-corrected chi connectivity index (χ4v) is 6.41. The molecule has 0 aliphatic carbocycles. The summed E-state index contributed by atoms with van der Waals surface area (Å²) in [6.45, 7) is 2.30. The summed E-state index contributed by atoms with van der Waals surface area (Å²) < 4.78 is 3.03. The Morgan fingerprint density at radius 3 is 1.35 bits per heavy atom. The molecule has 0 heterocycles. The molecule has 0 radical (unpaired) electrons. The van der Waals surface area contributed by atoms with Gasteiger partial charge in [-0.15, -0.1) is 0 Å². The Labute approximate surface area is 203 Å². The highest BCUT2D eigenvalue weighted by atomic mass is 127. The van der Waals surface area contributed by atoms with Gasteiger partial charge in [0, 0.05) is 0 Å². The molecule has 2 rings (SSSR count). The third-order valence-corrected chi connectivity index (χ3v) is 8.87. The van der Waals surface area contributed by atoms with E-state index in [0.29, 0.717) is 0 Å². The standard InChI is InChI=1S/C30H46I/c1-2-3-4-5-6-7-8-9-10-11-12-13-14-15-16-18-21-28-24-26-30(27-25-28)31-29-22-19-17-20-23-29/h17,19-20,22-27H,2-16,18,21H2,1H3/q+1. The fraction of sp³-hybridized carbons (Fsp3) is 0.600. The molecule has 0 amide bonds. The van der Waals surface area contributed by atoms with Gasteiger partial charge in [-0.05, 0) is 42.7 Å². The van der Waals surface area contributed by atoms with E-state index in [1.807, 2.05) is 0 Å². The lowest BCUT2D eigenvalue weighted by molar-refractivity contribution is -0.597. The highest BCUT2D eigenvalue weighted by Crippen LogP contribution is 2.14. The summed E-state index contributed by atoms with van der Waals surface area (Å²) in [6.07, 6.45) is 24.3. The lowest BCUT2D eigenvalue weighted by Gasteiger charge is -2.04. The minimum atomic E-state index is -0.0200. The SMILES string of the molecule is CCCCCCCCCCCCCCCCCCc1ccc([I+]c2ccccc2)cc1. The molecule has 2 aromatic rings. The second kappa shape index (κ2) is 18.7. The van der Waals surface area contributed by atoms with E-state index in [4.69, 9.17) is 0 Å². The van der Waals surface area contributed by atoms with Crippen LogP contribution in [0.5, 0.6) is 0 Å². The zero-order chi connectivity index (χ0) is 21.8. The molecule has 0 spiro atoms. The second-order valence-corrected chi connectivity index (χ2v) is 12.1. The summed E-state index contributed by atoms with van der Waals surface area (Å²) >= 11 is -0.0200. The minimum Gasteiger partial charge on any atom is -0.0654 e. The molecule has 2 aromatic carbocycles. The van der Waals surface area contributed by atoms with Crippen molar-refractivity contribution in [3.05, 3.63) is 67.3 Å². The summed E-state index contributed by atoms with van der Waals surface area (Å²) in [6, 6.07) is 20.4. The molecule has 0 atom stereocenters. The van der Waals surface area contributed by atoms with Crippen molar-refractivity contribution in [2.75, 3.05) is 0 Å². The van der Waals surface area contributed by atoms with Gasteiger partial charge in [0.2, 0.25) is 0 Å². The van der Waals surface area contributed by atoms with Crippen LogP contribution in [0.25, 0.3) is 0 Å². The summed E-state index contributed by atoms with van der Waals surface area (Å²) in [7, 11) is 0. The number of halogens is 1. The summed E-state index contributed by atoms with van der Waals surface area (Å²) in [5.74, 6) is 0. The Morgan fingerprint density at radius 2 is 0.871 bits per heavy atom. The number of hydrogen-bond donors (Lipinski definition) is 0. The molecule has 31 heavy (non-hydrogen) atoms. The molecule has 0 fully saturated rings. The van der Waals surface area contributed by atoms with E-state index >= 15 is 0 Å². The molecule has 0 saturated heterocycles. The van der Waals surface area contributed by atoms with Gasteiger partial charge in [-0.1, -0.05) is 134 Å². The van der Waals surface area contributed by atoms with E-state index in [9.17, 15) is 0 Å². The van der Waals surface area contributed by atoms with Crippen molar-refractivity contribution in [3.8, 4) is 0 Å². The van der Waals surface area contributed by atoms with Crippen molar-refractivity contribution in [2.24, 2.45) is 0 Å². The lowest BCUT2D eigenvalue weighted by atomic mass is 10.0. The molecule has 0 bridgehead atoms. The van der Waals surface area contributed by atoms with Crippen molar-refractivity contribution >= 4 is 0 Å². The van der Waals surface area contributed by atoms with Crippen molar-refractivity contribution in [1.82, 2.24) is 0 Å². The predicted molar refractivity (Wildman–Crippen MR) is 134 cm³/mol. The fourth-order valence-electron chi connectivity index (χ4n) is 4.19. The predicted octanol–water partition coefficient (Wildman–Crippen LogP) is 6.62. The molecule has 1 heteroatoms. The lowest BCUT2D eigenvalue weighted by Crippen LogP contribution is -3.61. The van der Waals surface area contributed by atoms with Gasteiger partial charge >= 0.3 is 21.2 Å². The van der Waals surface area contributed by atoms with E-state index in [2.05, 4.69) is 61.5 Å². The van der Waals surface area contributed by atoms with Crippen LogP contribution in [0.3, 0.4) is 0 Å². The van der Waals surface area contributed by atoms with E-state index < -0.39 is 0 Å². The van der Waals surface area contributed by atoms with Crippen molar-refractivity contribution in [2.45, 2.75) is 116 Å². The Hall–Kier alpha value is -0.830. The molecule has 172 valence electrons. The largest absolute Gasteiger partial charge is 0.357 e. The first-order valence-electron chi connectivity index (χ1n) is 13.2.